The van der Waals surface area contributed by atoms with Crippen LogP contribution in [0.25, 0.3) is 0 Å². The van der Waals surface area contributed by atoms with Crippen LogP contribution in [0.1, 0.15) is 76.7 Å². The number of hydrogen-bond donors (Lipinski definition) is 1. The highest BCUT2D eigenvalue weighted by molar-refractivity contribution is 6.48. The molecule has 1 aliphatic rings. The number of carbonyl (C=O) groups excluding carboxylic acids is 3. The predicted octanol–water partition coefficient (Wildman–Crippen LogP) is 3.70. The number of fused-ring (bicyclic) bond motifs is 1. The molecule has 1 aromatic rings. The van der Waals surface area contributed by atoms with Crippen LogP contribution in [0.2, 0.25) is 0 Å². The average Bonchev–Trinajstić information content (AvgIpc) is 2.81. The van der Waals surface area contributed by atoms with Crippen molar-refractivity contribution >= 4 is 25.0 Å². The summed E-state index contributed by atoms with van der Waals surface area (Å²) >= 11 is 0. The van der Waals surface area contributed by atoms with Gasteiger partial charge >= 0.3 is 19.1 Å². The summed E-state index contributed by atoms with van der Waals surface area (Å²) < 4.78 is 21.8. The molecule has 0 saturated heterocycles. The van der Waals surface area contributed by atoms with E-state index < -0.39 is 19.9 Å². The van der Waals surface area contributed by atoms with E-state index in [0.717, 1.165) is 5.56 Å². The highest BCUT2D eigenvalue weighted by atomic mass is 16.7. The van der Waals surface area contributed by atoms with Crippen molar-refractivity contribution in [3.63, 3.8) is 0 Å². The minimum Gasteiger partial charge on any atom is -0.534 e. The maximum atomic E-state index is 12.6. The van der Waals surface area contributed by atoms with Gasteiger partial charge in [-0.2, -0.15) is 0 Å². The standard InChI is InChI=1S/C21H30BNO7.C2H6/c1-5-14(6-2)20(25)27-13-28-21(26)16-11-9-10-15-12-17(23-18(24)7-3)22(29-8-4)30-19(15)16;1-2/h9-11,14,17H,5-8,12-13H2,1-4H3,(H,23,24);1-2H3. The van der Waals surface area contributed by atoms with Crippen LogP contribution >= 0.6 is 0 Å². The third-order valence-corrected chi connectivity index (χ3v) is 5.03. The van der Waals surface area contributed by atoms with Crippen molar-refractivity contribution in [2.24, 2.45) is 5.92 Å². The molecule has 9 heteroatoms. The van der Waals surface area contributed by atoms with Crippen LogP contribution < -0.4 is 9.97 Å². The van der Waals surface area contributed by atoms with E-state index in [1.54, 1.807) is 19.1 Å². The number of benzene rings is 1. The fourth-order valence-corrected chi connectivity index (χ4v) is 3.28. The van der Waals surface area contributed by atoms with E-state index >= 15 is 0 Å². The molecule has 1 heterocycles. The maximum Gasteiger partial charge on any atom is 0.549 e. The number of ether oxygens (including phenoxy) is 2. The molecule has 2 rings (SSSR count). The van der Waals surface area contributed by atoms with Gasteiger partial charge in [-0.05, 0) is 37.8 Å². The SMILES string of the molecule is CC.CCOB1Oc2c(cccc2C(=O)OCOC(=O)C(CC)CC)CC1NC(=O)CC. The van der Waals surface area contributed by atoms with Crippen molar-refractivity contribution in [2.75, 3.05) is 13.4 Å². The van der Waals surface area contributed by atoms with E-state index in [1.807, 2.05) is 40.7 Å². The normalized spacial score (nSPS) is 14.5. The van der Waals surface area contributed by atoms with Gasteiger partial charge in [0.1, 0.15) is 11.3 Å². The largest absolute Gasteiger partial charge is 0.549 e. The van der Waals surface area contributed by atoms with Crippen LogP contribution in [0.5, 0.6) is 5.75 Å². The molecule has 0 spiro atoms. The summed E-state index contributed by atoms with van der Waals surface area (Å²) in [6.45, 7) is 11.3. The Morgan fingerprint density at radius 3 is 2.41 bits per heavy atom. The molecular formula is C23H36BNO7. The Labute approximate surface area is 191 Å². The quantitative estimate of drug-likeness (QED) is 0.330. The fourth-order valence-electron chi connectivity index (χ4n) is 3.28. The number of nitrogens with one attached hydrogen (secondary N) is 1. The Balaban J connectivity index is 0.00000249. The molecule has 0 saturated carbocycles. The van der Waals surface area contributed by atoms with Crippen molar-refractivity contribution in [3.05, 3.63) is 29.3 Å². The lowest BCUT2D eigenvalue weighted by atomic mass is 9.71. The van der Waals surface area contributed by atoms with Crippen LogP contribution in [0.4, 0.5) is 0 Å². The summed E-state index contributed by atoms with van der Waals surface area (Å²) in [5, 5.41) is 2.90. The third-order valence-electron chi connectivity index (χ3n) is 5.03. The van der Waals surface area contributed by atoms with Gasteiger partial charge in [0.25, 0.3) is 0 Å². The van der Waals surface area contributed by atoms with Gasteiger partial charge in [0.05, 0.1) is 11.9 Å². The lowest BCUT2D eigenvalue weighted by Gasteiger charge is -2.31. The zero-order valence-corrected chi connectivity index (χ0v) is 20.1. The molecule has 1 aromatic carbocycles. The van der Waals surface area contributed by atoms with Crippen LogP contribution in [0.3, 0.4) is 0 Å². The van der Waals surface area contributed by atoms with Crippen molar-refractivity contribution in [3.8, 4) is 5.75 Å². The molecule has 0 bridgehead atoms. The maximum absolute atomic E-state index is 12.6. The molecule has 0 fully saturated rings. The van der Waals surface area contributed by atoms with Gasteiger partial charge in [0.15, 0.2) is 0 Å². The summed E-state index contributed by atoms with van der Waals surface area (Å²) in [7, 11) is -0.723. The van der Waals surface area contributed by atoms with Crippen molar-refractivity contribution in [1.29, 1.82) is 0 Å². The van der Waals surface area contributed by atoms with Gasteiger partial charge < -0.3 is 24.1 Å². The number of hydrogen-bond acceptors (Lipinski definition) is 7. The number of rotatable bonds is 10. The van der Waals surface area contributed by atoms with E-state index in [-0.39, 0.29) is 29.3 Å². The van der Waals surface area contributed by atoms with E-state index in [9.17, 15) is 14.4 Å². The molecule has 0 radical (unpaired) electrons. The molecule has 1 unspecified atom stereocenters. The highest BCUT2D eigenvalue weighted by Gasteiger charge is 2.40. The molecule has 0 aromatic heterocycles. The number of para-hydroxylation sites is 1. The van der Waals surface area contributed by atoms with Crippen molar-refractivity contribution in [1.82, 2.24) is 5.32 Å². The Hall–Kier alpha value is -2.55. The molecule has 32 heavy (non-hydrogen) atoms. The van der Waals surface area contributed by atoms with Gasteiger partial charge in [-0.3, -0.25) is 9.59 Å². The second-order valence-electron chi connectivity index (χ2n) is 6.99. The van der Waals surface area contributed by atoms with Gasteiger partial charge in [-0.25, -0.2) is 4.79 Å². The topological polar surface area (TPSA) is 100 Å². The number of carbonyl (C=O) groups is 3. The second-order valence-corrected chi connectivity index (χ2v) is 6.99. The van der Waals surface area contributed by atoms with Gasteiger partial charge in [-0.15, -0.1) is 0 Å². The zero-order valence-electron chi connectivity index (χ0n) is 20.1. The lowest BCUT2D eigenvalue weighted by Crippen LogP contribution is -2.54. The summed E-state index contributed by atoms with van der Waals surface area (Å²) in [6, 6.07) is 5.12. The highest BCUT2D eigenvalue weighted by Crippen LogP contribution is 2.31. The summed E-state index contributed by atoms with van der Waals surface area (Å²) in [5.74, 6) is -1.36. The third kappa shape index (κ3) is 7.55. The van der Waals surface area contributed by atoms with E-state index in [0.29, 0.717) is 38.0 Å². The molecule has 1 aliphatic heterocycles. The summed E-state index contributed by atoms with van der Waals surface area (Å²) in [6.07, 6.45) is 2.14. The van der Waals surface area contributed by atoms with Gasteiger partial charge in [0, 0.05) is 13.0 Å². The van der Waals surface area contributed by atoms with E-state index in [1.165, 1.54) is 0 Å². The first kappa shape index (κ1) is 27.5. The molecule has 1 N–H and O–H groups in total. The van der Waals surface area contributed by atoms with Crippen LogP contribution in [-0.2, 0) is 30.1 Å². The Bertz CT molecular complexity index is 752. The van der Waals surface area contributed by atoms with Crippen molar-refractivity contribution in [2.45, 2.75) is 73.2 Å². The first-order valence-electron chi connectivity index (χ1n) is 11.5. The van der Waals surface area contributed by atoms with Crippen molar-refractivity contribution < 1.29 is 33.2 Å². The number of esters is 2. The van der Waals surface area contributed by atoms with Crippen LogP contribution in [0.15, 0.2) is 18.2 Å². The monoisotopic (exact) mass is 449 g/mol. The first-order valence-corrected chi connectivity index (χ1v) is 11.5. The Kier molecular flexibility index (Phi) is 12.5. The zero-order chi connectivity index (χ0) is 24.1. The Morgan fingerprint density at radius 2 is 1.81 bits per heavy atom. The minimum atomic E-state index is -0.723. The lowest BCUT2D eigenvalue weighted by molar-refractivity contribution is -0.157. The molecular weight excluding hydrogens is 413 g/mol. The smallest absolute Gasteiger partial charge is 0.534 e. The molecule has 1 amide bonds. The molecule has 0 aliphatic carbocycles. The second kappa shape index (κ2) is 14.5. The fraction of sp³-hybridized carbons (Fsp3) is 0.609. The predicted molar refractivity (Wildman–Crippen MR) is 122 cm³/mol. The molecule has 178 valence electrons. The minimum absolute atomic E-state index is 0.105. The molecule has 1 atom stereocenters. The van der Waals surface area contributed by atoms with E-state index in [4.69, 9.17) is 18.8 Å². The molecule has 8 nitrogen and oxygen atoms in total. The first-order chi connectivity index (χ1) is 15.4. The van der Waals surface area contributed by atoms with Crippen LogP contribution in [0, 0.1) is 5.92 Å². The van der Waals surface area contributed by atoms with E-state index in [2.05, 4.69) is 5.32 Å². The van der Waals surface area contributed by atoms with Gasteiger partial charge in [0.2, 0.25) is 12.7 Å². The average molecular weight is 449 g/mol. The van der Waals surface area contributed by atoms with Gasteiger partial charge in [-0.1, -0.05) is 46.8 Å². The summed E-state index contributed by atoms with van der Waals surface area (Å²) in [5.41, 5.74) is 0.979. The Morgan fingerprint density at radius 1 is 1.12 bits per heavy atom. The number of amides is 1. The summed E-state index contributed by atoms with van der Waals surface area (Å²) in [4.78, 5) is 36.3. The van der Waals surface area contributed by atoms with Crippen LogP contribution in [-0.4, -0.2) is 44.3 Å².